The molecule has 1 amide bonds. The molecule has 1 fully saturated rings. The maximum Gasteiger partial charge on any atom is 0.305 e. The van der Waals surface area contributed by atoms with E-state index < -0.39 is 5.79 Å². The van der Waals surface area contributed by atoms with Crippen LogP contribution in [0.2, 0.25) is 0 Å². The van der Waals surface area contributed by atoms with Crippen LogP contribution in [0.5, 0.6) is 11.5 Å². The van der Waals surface area contributed by atoms with Crippen LogP contribution in [0.25, 0.3) is 0 Å². The molecule has 0 N–H and O–H groups in total. The van der Waals surface area contributed by atoms with E-state index in [0.29, 0.717) is 23.1 Å². The highest BCUT2D eigenvalue weighted by Crippen LogP contribution is 2.47. The fraction of sp³-hybridized carbons (Fsp3) is 0.296. The average Bonchev–Trinajstić information content (AvgIpc) is 3.25. The lowest BCUT2D eigenvalue weighted by atomic mass is 9.97. The first-order valence-electron chi connectivity index (χ1n) is 11.2. The van der Waals surface area contributed by atoms with E-state index in [4.69, 9.17) is 9.47 Å². The number of fused-ring (bicyclic) bond motifs is 1. The Labute approximate surface area is 189 Å². The van der Waals surface area contributed by atoms with Gasteiger partial charge in [-0.1, -0.05) is 60.7 Å². The number of carbonyl (C=O) groups excluding carboxylic acids is 1. The molecule has 2 heterocycles. The summed E-state index contributed by atoms with van der Waals surface area (Å²) in [6.07, 6.45) is 0. The quantitative estimate of drug-likeness (QED) is 0.613. The van der Waals surface area contributed by atoms with E-state index in [1.807, 2.05) is 83.8 Å². The summed E-state index contributed by atoms with van der Waals surface area (Å²) in [6.45, 7) is 7.67. The molecule has 5 heteroatoms. The molecule has 0 bridgehead atoms. The van der Waals surface area contributed by atoms with E-state index >= 15 is 0 Å². The Morgan fingerprint density at radius 3 is 1.91 bits per heavy atom. The molecule has 0 aliphatic carbocycles. The molecular formula is C27H28N2O3. The lowest BCUT2D eigenvalue weighted by Gasteiger charge is -2.37. The summed E-state index contributed by atoms with van der Waals surface area (Å²) >= 11 is 0. The molecule has 5 nitrogen and oxygen atoms in total. The van der Waals surface area contributed by atoms with Gasteiger partial charge in [0, 0.05) is 48.9 Å². The van der Waals surface area contributed by atoms with Gasteiger partial charge in [-0.05, 0) is 32.0 Å². The van der Waals surface area contributed by atoms with Gasteiger partial charge in [-0.3, -0.25) is 9.69 Å². The number of carbonyl (C=O) groups is 1. The minimum atomic E-state index is -1.07. The molecule has 2 aliphatic heterocycles. The van der Waals surface area contributed by atoms with Gasteiger partial charge >= 0.3 is 5.79 Å². The number of nitrogens with zero attached hydrogens (tertiary/aromatic N) is 2. The second kappa shape index (κ2) is 8.32. The number of hydrogen-bond acceptors (Lipinski definition) is 4. The van der Waals surface area contributed by atoms with Crippen molar-refractivity contribution in [1.82, 2.24) is 9.80 Å². The number of amides is 1. The van der Waals surface area contributed by atoms with Gasteiger partial charge < -0.3 is 14.4 Å². The predicted octanol–water partition coefficient (Wildman–Crippen LogP) is 4.53. The van der Waals surface area contributed by atoms with Crippen LogP contribution >= 0.6 is 0 Å². The van der Waals surface area contributed by atoms with Crippen molar-refractivity contribution in [3.63, 3.8) is 0 Å². The second-order valence-electron chi connectivity index (χ2n) is 8.64. The van der Waals surface area contributed by atoms with Crippen LogP contribution in [0.15, 0.2) is 78.9 Å². The number of rotatable bonds is 4. The Morgan fingerprint density at radius 2 is 1.34 bits per heavy atom. The topological polar surface area (TPSA) is 42.0 Å². The Morgan fingerprint density at radius 1 is 0.781 bits per heavy atom. The van der Waals surface area contributed by atoms with Gasteiger partial charge in [-0.25, -0.2) is 0 Å². The highest BCUT2D eigenvalue weighted by Gasteiger charge is 2.45. The third kappa shape index (κ3) is 3.63. The summed E-state index contributed by atoms with van der Waals surface area (Å²) in [7, 11) is 0. The minimum absolute atomic E-state index is 0.0386. The van der Waals surface area contributed by atoms with Crippen molar-refractivity contribution in [2.75, 3.05) is 26.2 Å². The van der Waals surface area contributed by atoms with Gasteiger partial charge in [0.15, 0.2) is 11.5 Å². The zero-order valence-electron chi connectivity index (χ0n) is 18.5. The maximum absolute atomic E-state index is 13.2. The maximum atomic E-state index is 13.2. The smallest absolute Gasteiger partial charge is 0.305 e. The summed E-state index contributed by atoms with van der Waals surface area (Å²) in [6, 6.07) is 25.8. The first-order valence-corrected chi connectivity index (χ1v) is 11.2. The molecule has 3 aromatic rings. The first-order chi connectivity index (χ1) is 15.6. The summed E-state index contributed by atoms with van der Waals surface area (Å²) in [5, 5.41) is 0. The van der Waals surface area contributed by atoms with Gasteiger partial charge in [0.2, 0.25) is 0 Å². The van der Waals surface area contributed by atoms with Crippen LogP contribution in [0.4, 0.5) is 0 Å². The molecule has 0 radical (unpaired) electrons. The molecule has 0 unspecified atom stereocenters. The monoisotopic (exact) mass is 428 g/mol. The van der Waals surface area contributed by atoms with E-state index in [1.165, 1.54) is 0 Å². The molecule has 1 saturated heterocycles. The van der Waals surface area contributed by atoms with Crippen LogP contribution in [-0.4, -0.2) is 47.9 Å². The largest absolute Gasteiger partial charge is 0.440 e. The zero-order valence-corrected chi connectivity index (χ0v) is 18.5. The molecule has 0 aromatic heterocycles. The van der Waals surface area contributed by atoms with Crippen molar-refractivity contribution in [2.24, 2.45) is 0 Å². The van der Waals surface area contributed by atoms with Crippen LogP contribution in [0, 0.1) is 0 Å². The minimum Gasteiger partial charge on any atom is -0.440 e. The van der Waals surface area contributed by atoms with Gasteiger partial charge in [-0.2, -0.15) is 0 Å². The molecule has 3 aromatic carbocycles. The molecule has 164 valence electrons. The van der Waals surface area contributed by atoms with E-state index in [2.05, 4.69) is 18.7 Å². The molecule has 0 atom stereocenters. The Hall–Kier alpha value is -3.31. The van der Waals surface area contributed by atoms with Crippen molar-refractivity contribution < 1.29 is 14.3 Å². The van der Waals surface area contributed by atoms with Gasteiger partial charge in [0.05, 0.1) is 0 Å². The summed E-state index contributed by atoms with van der Waals surface area (Å²) in [4.78, 5) is 17.5. The van der Waals surface area contributed by atoms with Crippen molar-refractivity contribution in [2.45, 2.75) is 25.7 Å². The summed E-state index contributed by atoms with van der Waals surface area (Å²) in [5.41, 5.74) is 2.43. The highest BCUT2D eigenvalue weighted by atomic mass is 16.7. The summed E-state index contributed by atoms with van der Waals surface area (Å²) < 4.78 is 12.9. The SMILES string of the molecule is CC(C)N1CCN(C(=O)c2ccc3c(c2)OC(c2ccccc2)(c2ccccc2)O3)CC1. The standard InChI is InChI=1S/C27H28N2O3/c1-20(2)28-15-17-29(18-16-28)26(30)21-13-14-24-25(19-21)32-27(31-24,22-9-5-3-6-10-22)23-11-7-4-8-12-23/h3-14,19-20H,15-18H2,1-2H3. The van der Waals surface area contributed by atoms with Crippen molar-refractivity contribution in [3.05, 3.63) is 95.6 Å². The number of benzene rings is 3. The Kier molecular flexibility index (Phi) is 5.35. The van der Waals surface area contributed by atoms with Crippen molar-refractivity contribution in [3.8, 4) is 11.5 Å². The van der Waals surface area contributed by atoms with E-state index in [1.54, 1.807) is 0 Å². The van der Waals surface area contributed by atoms with Crippen LogP contribution in [0.1, 0.15) is 35.3 Å². The van der Waals surface area contributed by atoms with Crippen molar-refractivity contribution >= 4 is 5.91 Å². The van der Waals surface area contributed by atoms with Crippen LogP contribution in [-0.2, 0) is 5.79 Å². The first kappa shape index (κ1) is 20.6. The Bertz CT molecular complexity index is 1050. The van der Waals surface area contributed by atoms with Gasteiger partial charge in [-0.15, -0.1) is 0 Å². The average molecular weight is 429 g/mol. The number of ether oxygens (including phenoxy) is 2. The highest BCUT2D eigenvalue weighted by molar-refractivity contribution is 5.95. The lowest BCUT2D eigenvalue weighted by molar-refractivity contribution is -0.0459. The molecule has 32 heavy (non-hydrogen) atoms. The summed E-state index contributed by atoms with van der Waals surface area (Å²) in [5.74, 6) is 0.190. The van der Waals surface area contributed by atoms with E-state index in [-0.39, 0.29) is 5.91 Å². The second-order valence-corrected chi connectivity index (χ2v) is 8.64. The van der Waals surface area contributed by atoms with Crippen LogP contribution in [0.3, 0.4) is 0 Å². The number of hydrogen-bond donors (Lipinski definition) is 0. The van der Waals surface area contributed by atoms with E-state index in [9.17, 15) is 4.79 Å². The van der Waals surface area contributed by atoms with Crippen LogP contribution < -0.4 is 9.47 Å². The fourth-order valence-electron chi connectivity index (χ4n) is 4.48. The Balaban J connectivity index is 1.43. The molecule has 5 rings (SSSR count). The molecule has 0 saturated carbocycles. The lowest BCUT2D eigenvalue weighted by Crippen LogP contribution is -2.50. The normalized spacial score (nSPS) is 17.5. The third-order valence-corrected chi connectivity index (χ3v) is 6.34. The zero-order chi connectivity index (χ0) is 22.1. The van der Waals surface area contributed by atoms with Gasteiger partial charge in [0.25, 0.3) is 5.91 Å². The van der Waals surface area contributed by atoms with Crippen molar-refractivity contribution in [1.29, 1.82) is 0 Å². The number of piperazine rings is 1. The van der Waals surface area contributed by atoms with Gasteiger partial charge in [0.1, 0.15) is 0 Å². The molecule has 0 spiro atoms. The molecule has 2 aliphatic rings. The third-order valence-electron chi connectivity index (χ3n) is 6.34. The molecular weight excluding hydrogens is 400 g/mol. The fourth-order valence-corrected chi connectivity index (χ4v) is 4.48. The van der Waals surface area contributed by atoms with E-state index in [0.717, 1.165) is 37.3 Å². The predicted molar refractivity (Wildman–Crippen MR) is 124 cm³/mol.